The molecule has 4 rings (SSSR count). The van der Waals surface area contributed by atoms with Gasteiger partial charge in [0, 0.05) is 31.8 Å². The van der Waals surface area contributed by atoms with Crippen LogP contribution in [-0.4, -0.2) is 118 Å². The van der Waals surface area contributed by atoms with Crippen molar-refractivity contribution in [3.8, 4) is 11.5 Å². The molecule has 27 heteroatoms. The summed E-state index contributed by atoms with van der Waals surface area (Å²) in [6.07, 6.45) is 20.0. The Balaban J connectivity index is 1.94. The smallest absolute Gasteiger partial charge is 0.462 e. The molecule has 3 aromatic carbocycles. The van der Waals surface area contributed by atoms with Gasteiger partial charge >= 0.3 is 38.0 Å². The number of hydrogen-bond donors (Lipinski definition) is 1. The number of phosphoric acid groups is 1. The van der Waals surface area contributed by atoms with Gasteiger partial charge in [-0.3, -0.25) is 23.7 Å². The van der Waals surface area contributed by atoms with Gasteiger partial charge in [-0.15, -0.1) is 0 Å². The number of carbonyl (C=O) groups is 6. The van der Waals surface area contributed by atoms with E-state index in [9.17, 15) is 19.2 Å². The molecule has 112 heavy (non-hydrogen) atoms. The minimum atomic E-state index is -5.21. The van der Waals surface area contributed by atoms with Gasteiger partial charge in [0.2, 0.25) is 7.59 Å². The number of alkyl carbamates (subject to hydrolysis) is 1. The van der Waals surface area contributed by atoms with Crippen molar-refractivity contribution in [2.24, 2.45) is 5.92 Å². The molecule has 1 saturated heterocycles. The number of rotatable bonds is 63. The van der Waals surface area contributed by atoms with E-state index in [-0.39, 0.29) is 62.6 Å². The number of halogens is 6. The molecule has 1 amide bonds. The number of nitrogens with one attached hydrogen (secondary N) is 1. The Labute approximate surface area is 698 Å². The highest BCUT2D eigenvalue weighted by Crippen LogP contribution is 2.53. The van der Waals surface area contributed by atoms with Crippen molar-refractivity contribution in [3.05, 3.63) is 96.6 Å². The van der Waals surface area contributed by atoms with Crippen LogP contribution in [0.25, 0.3) is 0 Å². The second-order valence-electron chi connectivity index (χ2n) is 29.8. The fourth-order valence-corrected chi connectivity index (χ4v) is 14.5. The molecule has 1 N–H and O–H groups in total. The Kier molecular flexibility index (Phi) is 52.3. The lowest BCUT2D eigenvalue weighted by Gasteiger charge is -2.45. The highest BCUT2D eigenvalue weighted by molar-refractivity contribution is 7.49. The van der Waals surface area contributed by atoms with E-state index < -0.39 is 126 Å². The number of benzene rings is 3. The molecule has 1 heterocycles. The molecule has 636 valence electrons. The Morgan fingerprint density at radius 2 is 0.938 bits per heavy atom. The summed E-state index contributed by atoms with van der Waals surface area (Å²) in [5, 5.41) is 2.66. The predicted octanol–water partition coefficient (Wildman–Crippen LogP) is 24.6. The molecule has 0 radical (unpaired) electrons. The van der Waals surface area contributed by atoms with Crippen molar-refractivity contribution in [2.75, 3.05) is 26.4 Å². The maximum Gasteiger partial charge on any atom is 0.588 e. The van der Waals surface area contributed by atoms with Crippen molar-refractivity contribution >= 4 is 113 Å². The van der Waals surface area contributed by atoms with Crippen LogP contribution >= 0.6 is 77.4 Å². The maximum absolute atomic E-state index is 16.0. The molecule has 0 aliphatic carbocycles. The standard InChI is InChI=1S/C85H130Cl6NO19P/c1-7-11-15-19-23-25-29-31-40-54-70(104-74(94)56-46-33-27-21-17-13-9-3)60-72(93)67(58-59-100-62-66-48-38-35-39-49-66)63-101-80-77(92-81(97)103-65-84(86,87)88)79(107-76(96)61-71(55-41-32-30-26-24-20-16-12-8-2)105-75(95)57-47-34-28-22-18-14-10-4)78(73(106-80)64-102-82(98)108-83(5,6)85(89,90)91)111-112(99,109-68-50-42-36-43-51-68)110-69-52-44-37-45-53-69/h35-39,42-45,48-53,67,70-71,73,77-80H,7-34,40-41,46-47,54-65H2,1-6H3,(H,92,97)/t67-,70+,71+,73+,77+,78+,79+,80?/m0/s1. The van der Waals surface area contributed by atoms with Crippen LogP contribution in [0.4, 0.5) is 9.59 Å². The predicted molar refractivity (Wildman–Crippen MR) is 444 cm³/mol. The normalized spacial score (nSPS) is 16.8. The topological polar surface area (TPSA) is 242 Å². The number of carbonyl (C=O) groups excluding carboxylic acids is 6. The molecule has 1 unspecified atom stereocenters. The van der Waals surface area contributed by atoms with Gasteiger partial charge in [0.25, 0.3) is 0 Å². The average Bonchev–Trinajstić information content (AvgIpc) is 0.770. The molecule has 3 aromatic rings. The summed E-state index contributed by atoms with van der Waals surface area (Å²) >= 11 is 37.4. The zero-order chi connectivity index (χ0) is 81.7. The van der Waals surface area contributed by atoms with E-state index >= 15 is 14.2 Å². The highest BCUT2D eigenvalue weighted by Gasteiger charge is 2.55. The largest absolute Gasteiger partial charge is 0.588 e. The number of ether oxygens (including phenoxy) is 9. The number of ketones is 1. The SMILES string of the molecule is CCCCCCCCCCC[C@H](CC(=O)O[C@H]1[C@H](OP(=O)(Oc2ccccc2)Oc2ccccc2)[C@@H](COC(=O)OC(C)(C)C(Cl)(Cl)Cl)OC(OC[C@H](CCOCc2ccccc2)C(=O)C[C@@H](CCCCCCCCCCC)OC(=O)CCCCCCCCC)[C@@H]1NC(=O)OCC(Cl)(Cl)Cl)OC(=O)CCCCCCCCC. The summed E-state index contributed by atoms with van der Waals surface area (Å²) in [4.78, 5) is 87.1. The van der Waals surface area contributed by atoms with E-state index in [1.807, 2.05) is 30.3 Å². The molecule has 1 aliphatic heterocycles. The number of alkyl halides is 6. The number of hydrogen-bond acceptors (Lipinski definition) is 19. The van der Waals surface area contributed by atoms with Gasteiger partial charge in [-0.2, -0.15) is 0 Å². The third-order valence-electron chi connectivity index (χ3n) is 19.4. The first-order valence-corrected chi connectivity index (χ1v) is 45.2. The summed E-state index contributed by atoms with van der Waals surface area (Å²) in [5.74, 6) is -3.42. The van der Waals surface area contributed by atoms with Gasteiger partial charge in [-0.1, -0.05) is 344 Å². The Bertz CT molecular complexity index is 3020. The van der Waals surface area contributed by atoms with Crippen molar-refractivity contribution in [3.63, 3.8) is 0 Å². The first-order valence-electron chi connectivity index (χ1n) is 41.5. The number of phosphoric ester groups is 1. The van der Waals surface area contributed by atoms with Crippen LogP contribution in [0.3, 0.4) is 0 Å². The van der Waals surface area contributed by atoms with E-state index in [0.717, 1.165) is 166 Å². The maximum atomic E-state index is 16.0. The number of amides is 1. The molecule has 1 fully saturated rings. The first kappa shape index (κ1) is 100. The molecule has 20 nitrogen and oxygen atoms in total. The van der Waals surface area contributed by atoms with Crippen LogP contribution in [-0.2, 0) is 77.5 Å². The van der Waals surface area contributed by atoms with E-state index in [2.05, 4.69) is 33.0 Å². The highest BCUT2D eigenvalue weighted by atomic mass is 35.6. The monoisotopic (exact) mass is 1710 g/mol. The van der Waals surface area contributed by atoms with Crippen molar-refractivity contribution < 1.29 is 89.5 Å². The van der Waals surface area contributed by atoms with E-state index in [1.165, 1.54) is 57.4 Å². The molecule has 8 atom stereocenters. The van der Waals surface area contributed by atoms with Crippen LogP contribution in [0.5, 0.6) is 11.5 Å². The first-order chi connectivity index (χ1) is 53.8. The quantitative estimate of drug-likeness (QED) is 0.0181. The van der Waals surface area contributed by atoms with Crippen molar-refractivity contribution in [2.45, 2.75) is 355 Å². The molecule has 0 bridgehead atoms. The summed E-state index contributed by atoms with van der Waals surface area (Å²) < 4.78 is 86.3. The van der Waals surface area contributed by atoms with Gasteiger partial charge in [0.05, 0.1) is 19.6 Å². The minimum absolute atomic E-state index is 0.0212. The third kappa shape index (κ3) is 45.4. The van der Waals surface area contributed by atoms with E-state index in [1.54, 1.807) is 36.4 Å². The van der Waals surface area contributed by atoms with Gasteiger partial charge in [0.15, 0.2) is 18.0 Å². The Morgan fingerprint density at radius 1 is 0.509 bits per heavy atom. The van der Waals surface area contributed by atoms with Crippen LogP contribution in [0, 0.1) is 5.92 Å². The number of para-hydroxylation sites is 2. The van der Waals surface area contributed by atoms with Crippen molar-refractivity contribution in [1.29, 1.82) is 0 Å². The van der Waals surface area contributed by atoms with E-state index in [0.29, 0.717) is 32.1 Å². The molecule has 0 spiro atoms. The summed E-state index contributed by atoms with van der Waals surface area (Å²) in [5.41, 5.74) is -0.962. The van der Waals surface area contributed by atoms with Crippen molar-refractivity contribution in [1.82, 2.24) is 5.32 Å². The van der Waals surface area contributed by atoms with Crippen LogP contribution in [0.1, 0.15) is 298 Å². The van der Waals surface area contributed by atoms with Crippen LogP contribution < -0.4 is 14.4 Å². The second kappa shape index (κ2) is 58.5. The van der Waals surface area contributed by atoms with Gasteiger partial charge < -0.3 is 57.0 Å². The number of esters is 3. The third-order valence-corrected chi connectivity index (χ3v) is 22.5. The lowest BCUT2D eigenvalue weighted by atomic mass is 9.94. The Morgan fingerprint density at radius 3 is 1.38 bits per heavy atom. The number of Topliss-reactive ketones (excluding diaryl/α,β-unsaturated/α-hetero) is 1. The number of unbranched alkanes of at least 4 members (excludes halogenated alkanes) is 28. The minimum Gasteiger partial charge on any atom is -0.462 e. The Hall–Kier alpha value is -4.31. The van der Waals surface area contributed by atoms with Gasteiger partial charge in [-0.25, -0.2) is 14.2 Å². The second-order valence-corrected chi connectivity index (χ2v) is 36.1. The van der Waals surface area contributed by atoms with Gasteiger partial charge in [0.1, 0.15) is 61.0 Å². The summed E-state index contributed by atoms with van der Waals surface area (Å²) in [6.45, 7) is 9.26. The van der Waals surface area contributed by atoms with E-state index in [4.69, 9.17) is 126 Å². The zero-order valence-corrected chi connectivity index (χ0v) is 72.8. The molecule has 0 aromatic heterocycles. The molecule has 1 aliphatic rings. The molecular formula is C85H130Cl6NO19P. The zero-order valence-electron chi connectivity index (χ0n) is 67.4. The lowest BCUT2D eigenvalue weighted by Crippen LogP contribution is -2.66. The fraction of sp³-hybridized carbons (Fsp3) is 0.718. The lowest BCUT2D eigenvalue weighted by molar-refractivity contribution is -0.273. The fourth-order valence-electron chi connectivity index (χ4n) is 12.8. The summed E-state index contributed by atoms with van der Waals surface area (Å²) in [6, 6.07) is 23.3. The molecule has 0 saturated carbocycles. The molecular weight excluding hydrogens is 1580 g/mol. The van der Waals surface area contributed by atoms with Crippen LogP contribution in [0.2, 0.25) is 0 Å². The summed E-state index contributed by atoms with van der Waals surface area (Å²) in [7, 11) is -5.21. The van der Waals surface area contributed by atoms with Gasteiger partial charge in [-0.05, 0) is 88.6 Å². The van der Waals surface area contributed by atoms with Crippen LogP contribution in [0.15, 0.2) is 91.0 Å². The average molecular weight is 1710 g/mol.